The lowest BCUT2D eigenvalue weighted by molar-refractivity contribution is -0.154. The number of unbranched alkanes of at least 4 members (excludes halogenated alkanes) is 3. The molecule has 0 bridgehead atoms. The smallest absolute Gasteiger partial charge is 0.306 e. The van der Waals surface area contributed by atoms with Crippen LogP contribution in [0.2, 0.25) is 16.1 Å². The fourth-order valence-corrected chi connectivity index (χ4v) is 9.60. The molecule has 0 radical (unpaired) electrons. The molecule has 28 heavy (non-hydrogen) atoms. The third-order valence-corrected chi connectivity index (χ3v) is 13.0. The first-order chi connectivity index (χ1) is 12.6. The highest BCUT2D eigenvalue weighted by molar-refractivity contribution is 6.83. The number of carbonyl (C=O) groups is 1. The first-order valence-corrected chi connectivity index (χ1v) is 13.2. The highest BCUT2D eigenvalue weighted by atomic mass is 28.3. The molecule has 0 fully saturated rings. The number of nitrogens with two attached hydrogens (primary N) is 1. The number of rotatable bonds is 8. The Morgan fingerprint density at radius 1 is 1.04 bits per heavy atom. The van der Waals surface area contributed by atoms with Gasteiger partial charge in [-0.05, 0) is 64.6 Å². The fourth-order valence-electron chi connectivity index (χ4n) is 4.63. The second-order valence-electron chi connectivity index (χ2n) is 11.0. The predicted molar refractivity (Wildman–Crippen MR) is 124 cm³/mol. The molecule has 0 aromatic carbocycles. The monoisotopic (exact) mass is 407 g/mol. The second kappa shape index (κ2) is 8.87. The maximum Gasteiger partial charge on any atom is 0.306 e. The normalized spacial score (nSPS) is 22.9. The van der Waals surface area contributed by atoms with Crippen LogP contribution >= 0.6 is 0 Å². The van der Waals surface area contributed by atoms with E-state index >= 15 is 0 Å². The molecule has 4 heteroatoms. The summed E-state index contributed by atoms with van der Waals surface area (Å²) in [5.41, 5.74) is 3.90. The van der Waals surface area contributed by atoms with Gasteiger partial charge >= 0.3 is 5.97 Å². The fraction of sp³-hybridized carbons (Fsp3) is 0.792. The summed E-state index contributed by atoms with van der Waals surface area (Å²) in [4.78, 5) is 11.8. The van der Waals surface area contributed by atoms with E-state index in [4.69, 9.17) is 10.1 Å². The Balaban J connectivity index is 2.67. The van der Waals surface area contributed by atoms with E-state index in [2.05, 4.69) is 54.5 Å². The summed E-state index contributed by atoms with van der Waals surface area (Å²) in [5.74, 6) is -0.0833. The van der Waals surface area contributed by atoms with Gasteiger partial charge in [0.1, 0.15) is 13.8 Å². The van der Waals surface area contributed by atoms with Gasteiger partial charge in [-0.25, -0.2) is 0 Å². The number of hydrogen-bond acceptors (Lipinski definition) is 3. The van der Waals surface area contributed by atoms with Crippen LogP contribution in [-0.2, 0) is 9.53 Å². The molecule has 0 aliphatic heterocycles. The summed E-state index contributed by atoms with van der Waals surface area (Å²) >= 11 is 0. The van der Waals surface area contributed by atoms with Crippen LogP contribution in [0, 0.1) is 0 Å². The predicted octanol–water partition coefficient (Wildman–Crippen LogP) is 7.04. The van der Waals surface area contributed by atoms with E-state index in [1.165, 1.54) is 16.7 Å². The maximum absolute atomic E-state index is 11.8. The standard InChI is InChI=1S/C24H45NO2Si/c1-18-17-24(10,20(3)19(18)2)28(25,23(7,8)9)16-14-12-11-13-15-21(26)27-22(4,5)6/h17H,11-16,25H2,1-10H3. The molecule has 1 aliphatic carbocycles. The SMILES string of the molecule is CC1=CC(C)([Si](N)(CCCCCCC(=O)OC(C)(C)C)C(C)(C)C)C(C)=C1C. The molecule has 2 N–H and O–H groups in total. The van der Waals surface area contributed by atoms with Crippen molar-refractivity contribution in [1.82, 2.24) is 0 Å². The van der Waals surface area contributed by atoms with Gasteiger partial charge < -0.3 is 10.1 Å². The Bertz CT molecular complexity index is 636. The summed E-state index contributed by atoms with van der Waals surface area (Å²) in [6.07, 6.45) is 7.21. The molecule has 3 nitrogen and oxygen atoms in total. The van der Waals surface area contributed by atoms with Crippen molar-refractivity contribution in [2.75, 3.05) is 0 Å². The summed E-state index contributed by atoms with van der Waals surface area (Å²) in [6, 6.07) is 1.12. The summed E-state index contributed by atoms with van der Waals surface area (Å²) in [6.45, 7) is 21.9. The lowest BCUT2D eigenvalue weighted by Gasteiger charge is -2.51. The van der Waals surface area contributed by atoms with E-state index in [1.807, 2.05) is 20.8 Å². The van der Waals surface area contributed by atoms with Gasteiger partial charge in [0.05, 0.1) is 0 Å². The molecule has 0 spiro atoms. The van der Waals surface area contributed by atoms with E-state index in [-0.39, 0.29) is 21.6 Å². The highest BCUT2D eigenvalue weighted by Gasteiger charge is 2.55. The topological polar surface area (TPSA) is 52.3 Å². The first-order valence-electron chi connectivity index (χ1n) is 10.9. The molecule has 1 rings (SSSR count). The quantitative estimate of drug-likeness (QED) is 0.267. The van der Waals surface area contributed by atoms with Crippen LogP contribution in [0.1, 0.15) is 101 Å². The van der Waals surface area contributed by atoms with E-state index in [1.54, 1.807) is 0 Å². The highest BCUT2D eigenvalue weighted by Crippen LogP contribution is 2.59. The Morgan fingerprint density at radius 2 is 1.57 bits per heavy atom. The van der Waals surface area contributed by atoms with Crippen molar-refractivity contribution in [1.29, 1.82) is 0 Å². The summed E-state index contributed by atoms with van der Waals surface area (Å²) in [7, 11) is -2.13. The van der Waals surface area contributed by atoms with Crippen LogP contribution in [0.25, 0.3) is 0 Å². The minimum absolute atomic E-state index is 0.0237. The van der Waals surface area contributed by atoms with Crippen molar-refractivity contribution in [2.24, 2.45) is 5.40 Å². The van der Waals surface area contributed by atoms with Crippen LogP contribution in [0.15, 0.2) is 22.8 Å². The number of carbonyl (C=O) groups excluding carboxylic acids is 1. The molecule has 0 heterocycles. The van der Waals surface area contributed by atoms with Gasteiger partial charge in [-0.2, -0.15) is 0 Å². The molecule has 162 valence electrons. The Morgan fingerprint density at radius 3 is 2.00 bits per heavy atom. The molecule has 0 aromatic heterocycles. The van der Waals surface area contributed by atoms with Crippen LogP contribution in [-0.4, -0.2) is 19.8 Å². The number of esters is 1. The third kappa shape index (κ3) is 5.60. The molecule has 2 atom stereocenters. The lowest BCUT2D eigenvalue weighted by atomic mass is 10.0. The first kappa shape index (κ1) is 25.2. The van der Waals surface area contributed by atoms with Crippen molar-refractivity contribution in [2.45, 2.75) is 123 Å². The van der Waals surface area contributed by atoms with E-state index in [0.29, 0.717) is 6.42 Å². The number of hydrogen-bond donors (Lipinski definition) is 1. The average Bonchev–Trinajstić information content (AvgIpc) is 2.72. The van der Waals surface area contributed by atoms with E-state index in [9.17, 15) is 4.79 Å². The molecule has 1 aliphatic rings. The Labute approximate surface area is 175 Å². The minimum atomic E-state index is -2.13. The zero-order chi connectivity index (χ0) is 22.0. The van der Waals surface area contributed by atoms with Gasteiger partial charge in [0.15, 0.2) is 0 Å². The van der Waals surface area contributed by atoms with Crippen LogP contribution in [0.4, 0.5) is 0 Å². The van der Waals surface area contributed by atoms with Gasteiger partial charge in [0.25, 0.3) is 0 Å². The second-order valence-corrected chi connectivity index (χ2v) is 16.0. The van der Waals surface area contributed by atoms with Crippen LogP contribution in [0.3, 0.4) is 0 Å². The molecule has 0 saturated heterocycles. The van der Waals surface area contributed by atoms with Crippen molar-refractivity contribution in [3.63, 3.8) is 0 Å². The molecule has 2 unspecified atom stereocenters. The van der Waals surface area contributed by atoms with Crippen molar-refractivity contribution >= 4 is 14.2 Å². The molecule has 0 saturated carbocycles. The maximum atomic E-state index is 11.8. The van der Waals surface area contributed by atoms with Gasteiger partial charge in [0.2, 0.25) is 0 Å². The van der Waals surface area contributed by atoms with Crippen molar-refractivity contribution in [3.8, 4) is 0 Å². The van der Waals surface area contributed by atoms with E-state index in [0.717, 1.165) is 31.7 Å². The Kier molecular flexibility index (Phi) is 7.97. The largest absolute Gasteiger partial charge is 0.460 e. The molecule has 0 aromatic rings. The summed E-state index contributed by atoms with van der Waals surface area (Å²) in [5, 5.41) is 7.50. The lowest BCUT2D eigenvalue weighted by Crippen LogP contribution is -2.61. The van der Waals surface area contributed by atoms with Crippen LogP contribution in [0.5, 0.6) is 0 Å². The molecular weight excluding hydrogens is 362 g/mol. The van der Waals surface area contributed by atoms with Gasteiger partial charge in [-0.1, -0.05) is 64.2 Å². The average molecular weight is 408 g/mol. The zero-order valence-electron chi connectivity index (χ0n) is 20.2. The summed E-state index contributed by atoms with van der Waals surface area (Å²) < 4.78 is 5.39. The van der Waals surface area contributed by atoms with Gasteiger partial charge in [-0.15, -0.1) is 0 Å². The zero-order valence-corrected chi connectivity index (χ0v) is 21.2. The third-order valence-electron chi connectivity index (χ3n) is 6.83. The van der Waals surface area contributed by atoms with Crippen molar-refractivity contribution < 1.29 is 9.53 Å². The van der Waals surface area contributed by atoms with E-state index < -0.39 is 8.24 Å². The Hall–Kier alpha value is -0.873. The molecule has 0 amide bonds. The number of allylic oxidation sites excluding steroid dienone is 4. The van der Waals surface area contributed by atoms with Gasteiger partial charge in [-0.3, -0.25) is 4.79 Å². The molecular formula is C24H45NO2Si. The van der Waals surface area contributed by atoms with Gasteiger partial charge in [0, 0.05) is 11.5 Å². The number of ether oxygens (including phenoxy) is 1. The van der Waals surface area contributed by atoms with Crippen molar-refractivity contribution in [3.05, 3.63) is 22.8 Å². The van der Waals surface area contributed by atoms with Crippen LogP contribution < -0.4 is 5.40 Å². The minimum Gasteiger partial charge on any atom is -0.460 e.